The predicted molar refractivity (Wildman–Crippen MR) is 63.9 cm³/mol. The van der Waals surface area contributed by atoms with Crippen molar-refractivity contribution in [3.63, 3.8) is 0 Å². The zero-order valence-corrected chi connectivity index (χ0v) is 11.2. The summed E-state index contributed by atoms with van der Waals surface area (Å²) in [6, 6.07) is 1.32. The molecular formula is C10H13BrF3NS. The molecule has 0 fully saturated rings. The molecule has 0 aliphatic carbocycles. The maximum Gasteiger partial charge on any atom is 0.390 e. The molecule has 1 aromatic rings. The lowest BCUT2D eigenvalue weighted by Gasteiger charge is -2.19. The molecule has 1 N–H and O–H groups in total. The van der Waals surface area contributed by atoms with Crippen molar-refractivity contribution in [2.24, 2.45) is 0 Å². The molecule has 0 amide bonds. The molecule has 0 aliphatic heterocycles. The Balaban J connectivity index is 2.61. The van der Waals surface area contributed by atoms with Crippen LogP contribution >= 0.6 is 27.3 Å². The first-order valence-electron chi connectivity index (χ1n) is 4.94. The van der Waals surface area contributed by atoms with Crippen molar-refractivity contribution >= 4 is 27.3 Å². The Morgan fingerprint density at radius 1 is 1.50 bits per heavy atom. The lowest BCUT2D eigenvalue weighted by atomic mass is 10.1. The summed E-state index contributed by atoms with van der Waals surface area (Å²) < 4.78 is 37.8. The molecule has 0 radical (unpaired) electrons. The van der Waals surface area contributed by atoms with Gasteiger partial charge in [-0.25, -0.2) is 0 Å². The SMILES string of the molecule is CCNC(Cc1sccc1Br)CC(F)(F)F. The average Bonchev–Trinajstić information content (AvgIpc) is 2.49. The summed E-state index contributed by atoms with van der Waals surface area (Å²) >= 11 is 4.80. The molecule has 16 heavy (non-hydrogen) atoms. The monoisotopic (exact) mass is 315 g/mol. The van der Waals surface area contributed by atoms with Gasteiger partial charge in [-0.2, -0.15) is 13.2 Å². The molecule has 1 heterocycles. The molecule has 0 spiro atoms. The van der Waals surface area contributed by atoms with Crippen molar-refractivity contribution in [1.82, 2.24) is 5.32 Å². The Hall–Kier alpha value is -0.0700. The number of likely N-dealkylation sites (N-methyl/N-ethyl adjacent to an activating group) is 1. The topological polar surface area (TPSA) is 12.0 Å². The summed E-state index contributed by atoms with van der Waals surface area (Å²) in [5.41, 5.74) is 0. The average molecular weight is 316 g/mol. The second-order valence-corrected chi connectivity index (χ2v) is 5.32. The molecule has 0 aromatic carbocycles. The van der Waals surface area contributed by atoms with Crippen LogP contribution in [0.15, 0.2) is 15.9 Å². The Kier molecular flexibility index (Phi) is 5.27. The summed E-state index contributed by atoms with van der Waals surface area (Å²) in [4.78, 5) is 0.954. The van der Waals surface area contributed by atoms with Gasteiger partial charge < -0.3 is 5.32 Å². The van der Waals surface area contributed by atoms with E-state index in [0.29, 0.717) is 13.0 Å². The second-order valence-electron chi connectivity index (χ2n) is 3.47. The van der Waals surface area contributed by atoms with Crippen LogP contribution in [0.4, 0.5) is 13.2 Å². The fraction of sp³-hybridized carbons (Fsp3) is 0.600. The molecule has 0 bridgehead atoms. The van der Waals surface area contributed by atoms with Crippen LogP contribution in [0.2, 0.25) is 0 Å². The summed E-state index contributed by atoms with van der Waals surface area (Å²) in [7, 11) is 0. The Labute approximate surface area is 105 Å². The van der Waals surface area contributed by atoms with Crippen molar-refractivity contribution in [3.8, 4) is 0 Å². The maximum atomic E-state index is 12.3. The van der Waals surface area contributed by atoms with Crippen LogP contribution in [-0.2, 0) is 6.42 Å². The van der Waals surface area contributed by atoms with E-state index in [-0.39, 0.29) is 0 Å². The second kappa shape index (κ2) is 6.02. The highest BCUT2D eigenvalue weighted by atomic mass is 79.9. The minimum atomic E-state index is -4.11. The first-order valence-corrected chi connectivity index (χ1v) is 6.61. The van der Waals surface area contributed by atoms with E-state index in [2.05, 4.69) is 21.2 Å². The molecule has 0 aliphatic rings. The fourth-order valence-electron chi connectivity index (χ4n) is 1.48. The standard InChI is InChI=1S/C10H13BrF3NS/c1-2-15-7(6-10(12,13)14)5-9-8(11)3-4-16-9/h3-4,7,15H,2,5-6H2,1H3. The number of halogens is 4. The van der Waals surface area contributed by atoms with Crippen LogP contribution in [0.5, 0.6) is 0 Å². The van der Waals surface area contributed by atoms with Crippen LogP contribution < -0.4 is 5.32 Å². The molecular weight excluding hydrogens is 303 g/mol. The third kappa shape index (κ3) is 4.84. The molecule has 6 heteroatoms. The highest BCUT2D eigenvalue weighted by molar-refractivity contribution is 9.10. The van der Waals surface area contributed by atoms with E-state index in [4.69, 9.17) is 0 Å². The van der Waals surface area contributed by atoms with Crippen molar-refractivity contribution in [3.05, 3.63) is 20.8 Å². The lowest BCUT2D eigenvalue weighted by Crippen LogP contribution is -2.35. The van der Waals surface area contributed by atoms with Gasteiger partial charge in [0.15, 0.2) is 0 Å². The van der Waals surface area contributed by atoms with Gasteiger partial charge in [-0.05, 0) is 40.3 Å². The van der Waals surface area contributed by atoms with E-state index in [1.54, 1.807) is 0 Å². The zero-order chi connectivity index (χ0) is 12.2. The third-order valence-corrected chi connectivity index (χ3v) is 4.04. The van der Waals surface area contributed by atoms with Crippen molar-refractivity contribution in [2.75, 3.05) is 6.54 Å². The number of nitrogens with one attached hydrogen (secondary N) is 1. The van der Waals surface area contributed by atoms with Crippen LogP contribution in [0.25, 0.3) is 0 Å². The van der Waals surface area contributed by atoms with Crippen molar-refractivity contribution < 1.29 is 13.2 Å². The van der Waals surface area contributed by atoms with Crippen LogP contribution in [-0.4, -0.2) is 18.8 Å². The summed E-state index contributed by atoms with van der Waals surface area (Å²) in [6.07, 6.45) is -4.49. The van der Waals surface area contributed by atoms with E-state index < -0.39 is 18.6 Å². The molecule has 1 nitrogen and oxygen atoms in total. The van der Waals surface area contributed by atoms with Gasteiger partial charge in [-0.1, -0.05) is 6.92 Å². The van der Waals surface area contributed by atoms with E-state index in [9.17, 15) is 13.2 Å². The van der Waals surface area contributed by atoms with Crippen molar-refractivity contribution in [1.29, 1.82) is 0 Å². The lowest BCUT2D eigenvalue weighted by molar-refractivity contribution is -0.139. The first-order chi connectivity index (χ1) is 7.42. The minimum Gasteiger partial charge on any atom is -0.314 e. The molecule has 1 aromatic heterocycles. The van der Waals surface area contributed by atoms with Gasteiger partial charge in [-0.3, -0.25) is 0 Å². The van der Waals surface area contributed by atoms with Crippen LogP contribution in [0.3, 0.4) is 0 Å². The smallest absolute Gasteiger partial charge is 0.314 e. The summed E-state index contributed by atoms with van der Waals surface area (Å²) in [6.45, 7) is 2.36. The summed E-state index contributed by atoms with van der Waals surface area (Å²) in [5.74, 6) is 0. The highest BCUT2D eigenvalue weighted by Crippen LogP contribution is 2.28. The molecule has 0 saturated heterocycles. The Morgan fingerprint density at radius 3 is 2.62 bits per heavy atom. The van der Waals surface area contributed by atoms with Gasteiger partial charge >= 0.3 is 6.18 Å². The molecule has 0 saturated carbocycles. The van der Waals surface area contributed by atoms with Gasteiger partial charge in [0.25, 0.3) is 0 Å². The van der Waals surface area contributed by atoms with Gasteiger partial charge in [0.1, 0.15) is 0 Å². The normalized spacial score (nSPS) is 14.1. The molecule has 1 atom stereocenters. The van der Waals surface area contributed by atoms with Gasteiger partial charge in [0.05, 0.1) is 6.42 Å². The Bertz CT molecular complexity index is 324. The largest absolute Gasteiger partial charge is 0.390 e. The Morgan fingerprint density at radius 2 is 2.19 bits per heavy atom. The highest BCUT2D eigenvalue weighted by Gasteiger charge is 2.31. The number of alkyl halides is 3. The fourth-order valence-corrected chi connectivity index (χ4v) is 3.07. The van der Waals surface area contributed by atoms with Crippen LogP contribution in [0, 0.1) is 0 Å². The quantitative estimate of drug-likeness (QED) is 0.866. The van der Waals surface area contributed by atoms with E-state index >= 15 is 0 Å². The maximum absolute atomic E-state index is 12.3. The number of hydrogen-bond acceptors (Lipinski definition) is 2. The first kappa shape index (κ1) is 14.0. The molecule has 1 rings (SSSR count). The van der Waals surface area contributed by atoms with Crippen molar-refractivity contribution in [2.45, 2.75) is 32.0 Å². The number of rotatable bonds is 5. The number of hydrogen-bond donors (Lipinski definition) is 1. The van der Waals surface area contributed by atoms with Gasteiger partial charge in [0, 0.05) is 15.4 Å². The molecule has 1 unspecified atom stereocenters. The van der Waals surface area contributed by atoms with E-state index in [0.717, 1.165) is 9.35 Å². The summed E-state index contributed by atoms with van der Waals surface area (Å²) in [5, 5.41) is 4.74. The van der Waals surface area contributed by atoms with Gasteiger partial charge in [-0.15, -0.1) is 11.3 Å². The van der Waals surface area contributed by atoms with Crippen LogP contribution in [0.1, 0.15) is 18.2 Å². The minimum absolute atomic E-state index is 0.408. The molecule has 92 valence electrons. The predicted octanol–water partition coefficient (Wildman–Crippen LogP) is 3.98. The number of thiophene rings is 1. The van der Waals surface area contributed by atoms with Gasteiger partial charge in [0.2, 0.25) is 0 Å². The zero-order valence-electron chi connectivity index (χ0n) is 8.77. The third-order valence-electron chi connectivity index (χ3n) is 2.09. The van der Waals surface area contributed by atoms with E-state index in [1.807, 2.05) is 18.4 Å². The van der Waals surface area contributed by atoms with E-state index in [1.165, 1.54) is 11.3 Å².